The van der Waals surface area contributed by atoms with Crippen LogP contribution in [0.25, 0.3) is 0 Å². The Bertz CT molecular complexity index is 473. The first-order valence-electron chi connectivity index (χ1n) is 7.37. The number of hydrogen-bond donors (Lipinski definition) is 1. The van der Waals surface area contributed by atoms with Crippen LogP contribution in [-0.2, 0) is 11.3 Å². The Kier molecular flexibility index (Phi) is 6.11. The molecule has 116 valence electrons. The fraction of sp³-hybridized carbons (Fsp3) is 0.562. The molecule has 1 aromatic carbocycles. The van der Waals surface area contributed by atoms with Gasteiger partial charge in [-0.3, -0.25) is 0 Å². The van der Waals surface area contributed by atoms with Gasteiger partial charge in [-0.25, -0.2) is 0 Å². The van der Waals surface area contributed by atoms with Gasteiger partial charge < -0.3 is 19.5 Å². The molecule has 1 saturated carbocycles. The summed E-state index contributed by atoms with van der Waals surface area (Å²) < 4.78 is 16.1. The van der Waals surface area contributed by atoms with Gasteiger partial charge in [-0.05, 0) is 42.8 Å². The fourth-order valence-electron chi connectivity index (χ4n) is 2.57. The van der Waals surface area contributed by atoms with Crippen molar-refractivity contribution in [1.82, 2.24) is 5.32 Å². The summed E-state index contributed by atoms with van der Waals surface area (Å²) in [4.78, 5) is 0. The summed E-state index contributed by atoms with van der Waals surface area (Å²) in [6.07, 6.45) is 6.24. The molecule has 1 N–H and O–H groups in total. The zero-order valence-corrected chi connectivity index (χ0v) is 13.5. The molecule has 0 aromatic heterocycles. The standard InChI is InChI=1S/C16H23NO3S/c1-18-14-9-8-12(10-15(14)19-2)11-20-16(21)17-13-6-4-3-5-7-13/h8-10,13H,3-7,11H2,1-2H3,(H,17,21). The number of rotatable bonds is 5. The number of hydrogen-bond acceptors (Lipinski definition) is 4. The first-order chi connectivity index (χ1) is 10.2. The smallest absolute Gasteiger partial charge is 0.257 e. The minimum absolute atomic E-state index is 0.429. The number of nitrogens with one attached hydrogen (secondary N) is 1. The van der Waals surface area contributed by atoms with Crippen molar-refractivity contribution in [2.75, 3.05) is 14.2 Å². The van der Waals surface area contributed by atoms with Gasteiger partial charge in [0.1, 0.15) is 6.61 Å². The molecule has 0 bridgehead atoms. The highest BCUT2D eigenvalue weighted by Crippen LogP contribution is 2.27. The molecule has 5 heteroatoms. The second kappa shape index (κ2) is 8.08. The number of methoxy groups -OCH3 is 2. The van der Waals surface area contributed by atoms with E-state index in [9.17, 15) is 0 Å². The molecule has 4 nitrogen and oxygen atoms in total. The minimum Gasteiger partial charge on any atom is -0.493 e. The molecule has 0 saturated heterocycles. The number of thiocarbonyl (C=S) groups is 1. The molecule has 0 aliphatic heterocycles. The van der Waals surface area contributed by atoms with Gasteiger partial charge in [0.2, 0.25) is 0 Å². The van der Waals surface area contributed by atoms with Crippen LogP contribution in [0.3, 0.4) is 0 Å². The zero-order valence-electron chi connectivity index (χ0n) is 12.7. The van der Waals surface area contributed by atoms with Crippen LogP contribution in [0.2, 0.25) is 0 Å². The van der Waals surface area contributed by atoms with E-state index in [1.165, 1.54) is 32.1 Å². The summed E-state index contributed by atoms with van der Waals surface area (Å²) in [6, 6.07) is 6.19. The molecule has 1 aromatic rings. The van der Waals surface area contributed by atoms with Crippen molar-refractivity contribution < 1.29 is 14.2 Å². The van der Waals surface area contributed by atoms with Crippen molar-refractivity contribution in [3.8, 4) is 11.5 Å². The van der Waals surface area contributed by atoms with Crippen molar-refractivity contribution >= 4 is 17.4 Å². The maximum Gasteiger partial charge on any atom is 0.257 e. The molecule has 0 amide bonds. The molecule has 0 radical (unpaired) electrons. The lowest BCUT2D eigenvalue weighted by Gasteiger charge is -2.23. The summed E-state index contributed by atoms with van der Waals surface area (Å²) in [5.74, 6) is 1.41. The third-order valence-electron chi connectivity index (χ3n) is 3.75. The number of benzene rings is 1. The minimum atomic E-state index is 0.429. The van der Waals surface area contributed by atoms with Crippen LogP contribution in [0.15, 0.2) is 18.2 Å². The molecular weight excluding hydrogens is 286 g/mol. The Morgan fingerprint density at radius 1 is 1.14 bits per heavy atom. The van der Waals surface area contributed by atoms with Crippen molar-refractivity contribution in [1.29, 1.82) is 0 Å². The normalized spacial score (nSPS) is 15.3. The predicted octanol–water partition coefficient (Wildman–Crippen LogP) is 3.43. The van der Waals surface area contributed by atoms with Crippen molar-refractivity contribution in [2.45, 2.75) is 44.8 Å². The van der Waals surface area contributed by atoms with E-state index in [0.717, 1.165) is 5.56 Å². The second-order valence-corrected chi connectivity index (χ2v) is 5.62. The van der Waals surface area contributed by atoms with E-state index in [1.807, 2.05) is 18.2 Å². The molecule has 1 aliphatic rings. The van der Waals surface area contributed by atoms with E-state index in [1.54, 1.807) is 14.2 Å². The maximum absolute atomic E-state index is 5.63. The van der Waals surface area contributed by atoms with Gasteiger partial charge in [0, 0.05) is 6.04 Å². The molecule has 0 unspecified atom stereocenters. The Morgan fingerprint density at radius 2 is 1.86 bits per heavy atom. The van der Waals surface area contributed by atoms with E-state index in [4.69, 9.17) is 26.4 Å². The van der Waals surface area contributed by atoms with Crippen molar-refractivity contribution in [3.63, 3.8) is 0 Å². The number of ether oxygens (including phenoxy) is 3. The van der Waals surface area contributed by atoms with Crippen molar-refractivity contribution in [3.05, 3.63) is 23.8 Å². The van der Waals surface area contributed by atoms with E-state index >= 15 is 0 Å². The average Bonchev–Trinajstić information content (AvgIpc) is 2.53. The summed E-state index contributed by atoms with van der Waals surface area (Å²) in [7, 11) is 3.25. The van der Waals surface area contributed by atoms with E-state index in [-0.39, 0.29) is 0 Å². The Hall–Kier alpha value is -1.49. The van der Waals surface area contributed by atoms with Crippen LogP contribution in [-0.4, -0.2) is 25.4 Å². The van der Waals surface area contributed by atoms with Crippen LogP contribution < -0.4 is 14.8 Å². The third-order valence-corrected chi connectivity index (χ3v) is 3.98. The largest absolute Gasteiger partial charge is 0.493 e. The van der Waals surface area contributed by atoms with Crippen LogP contribution in [0, 0.1) is 0 Å². The van der Waals surface area contributed by atoms with Crippen molar-refractivity contribution in [2.24, 2.45) is 0 Å². The highest BCUT2D eigenvalue weighted by molar-refractivity contribution is 7.80. The van der Waals surface area contributed by atoms with Crippen LogP contribution in [0.5, 0.6) is 11.5 Å². The van der Waals surface area contributed by atoms with E-state index in [2.05, 4.69) is 5.32 Å². The van der Waals surface area contributed by atoms with Gasteiger partial charge in [-0.2, -0.15) is 0 Å². The summed E-state index contributed by atoms with van der Waals surface area (Å²) in [5, 5.41) is 3.78. The fourth-order valence-corrected chi connectivity index (χ4v) is 2.80. The molecule has 0 heterocycles. The molecule has 1 fully saturated rings. The SMILES string of the molecule is COc1ccc(COC(=S)NC2CCCCC2)cc1OC. The van der Waals surface area contributed by atoms with Gasteiger partial charge in [-0.15, -0.1) is 0 Å². The Morgan fingerprint density at radius 3 is 2.52 bits per heavy atom. The van der Waals surface area contributed by atoms with Gasteiger partial charge in [-0.1, -0.05) is 25.3 Å². The van der Waals surface area contributed by atoms with E-state index < -0.39 is 0 Å². The maximum atomic E-state index is 5.63. The predicted molar refractivity (Wildman–Crippen MR) is 86.9 cm³/mol. The molecule has 2 rings (SSSR count). The van der Waals surface area contributed by atoms with Gasteiger partial charge in [0.25, 0.3) is 5.17 Å². The van der Waals surface area contributed by atoms with Crippen LogP contribution >= 0.6 is 12.2 Å². The lowest BCUT2D eigenvalue weighted by atomic mass is 9.96. The summed E-state index contributed by atoms with van der Waals surface area (Å²) in [6.45, 7) is 0.429. The summed E-state index contributed by atoms with van der Waals surface area (Å²) in [5.41, 5.74) is 1.00. The monoisotopic (exact) mass is 309 g/mol. The third kappa shape index (κ3) is 4.77. The molecular formula is C16H23NO3S. The highest BCUT2D eigenvalue weighted by atomic mass is 32.1. The zero-order chi connectivity index (χ0) is 15.1. The highest BCUT2D eigenvalue weighted by Gasteiger charge is 2.14. The first-order valence-corrected chi connectivity index (χ1v) is 7.78. The topological polar surface area (TPSA) is 39.7 Å². The average molecular weight is 309 g/mol. The lowest BCUT2D eigenvalue weighted by Crippen LogP contribution is -2.36. The Labute approximate surface area is 131 Å². The molecule has 21 heavy (non-hydrogen) atoms. The Balaban J connectivity index is 1.83. The summed E-state index contributed by atoms with van der Waals surface area (Å²) >= 11 is 5.25. The van der Waals surface area contributed by atoms with Gasteiger partial charge >= 0.3 is 0 Å². The quantitative estimate of drug-likeness (QED) is 0.844. The first kappa shape index (κ1) is 15.9. The van der Waals surface area contributed by atoms with Crippen LogP contribution in [0.1, 0.15) is 37.7 Å². The van der Waals surface area contributed by atoms with Gasteiger partial charge in [0.15, 0.2) is 11.5 Å². The van der Waals surface area contributed by atoms with Crippen LogP contribution in [0.4, 0.5) is 0 Å². The molecule has 0 spiro atoms. The second-order valence-electron chi connectivity index (χ2n) is 5.24. The molecule has 1 aliphatic carbocycles. The lowest BCUT2D eigenvalue weighted by molar-refractivity contribution is 0.272. The van der Waals surface area contributed by atoms with E-state index in [0.29, 0.717) is 29.3 Å². The van der Waals surface area contributed by atoms with Gasteiger partial charge in [0.05, 0.1) is 14.2 Å². The molecule has 0 atom stereocenters.